The third-order valence-corrected chi connectivity index (χ3v) is 6.43. The van der Waals surface area contributed by atoms with Gasteiger partial charge in [-0.3, -0.25) is 0 Å². The van der Waals surface area contributed by atoms with Crippen LogP contribution >= 0.6 is 0 Å². The van der Waals surface area contributed by atoms with Crippen LogP contribution in [0.3, 0.4) is 0 Å². The molecule has 0 fully saturated rings. The fraction of sp³-hybridized carbons (Fsp3) is 0. The molecule has 0 aliphatic rings. The van der Waals surface area contributed by atoms with E-state index in [9.17, 15) is 8.78 Å². The summed E-state index contributed by atoms with van der Waals surface area (Å²) in [7, 11) is 0. The number of hydrogen-bond donors (Lipinski definition) is 0. The third-order valence-electron chi connectivity index (χ3n) is 6.43. The molecule has 2 heteroatoms. The molecule has 0 aliphatic heterocycles. The van der Waals surface area contributed by atoms with Crippen molar-refractivity contribution in [2.24, 2.45) is 0 Å². The highest BCUT2D eigenvalue weighted by Crippen LogP contribution is 2.37. The molecule has 0 amide bonds. The van der Waals surface area contributed by atoms with Gasteiger partial charge in [-0.05, 0) is 73.1 Å². The lowest BCUT2D eigenvalue weighted by Crippen LogP contribution is -1.89. The molecule has 0 unspecified atom stereocenters. The minimum absolute atomic E-state index is 0.660. The molecule has 162 valence electrons. The Morgan fingerprint density at radius 2 is 0.912 bits per heavy atom. The van der Waals surface area contributed by atoms with Crippen LogP contribution in [0.5, 0.6) is 0 Å². The molecule has 0 atom stereocenters. The van der Waals surface area contributed by atoms with Gasteiger partial charge in [0.2, 0.25) is 0 Å². The summed E-state index contributed by atoms with van der Waals surface area (Å²) in [6.07, 6.45) is 0. The minimum atomic E-state index is -0.838. The zero-order valence-corrected chi connectivity index (χ0v) is 18.3. The quantitative estimate of drug-likeness (QED) is 0.256. The molecule has 0 aliphatic carbocycles. The predicted octanol–water partition coefficient (Wildman–Crippen LogP) is 9.27. The van der Waals surface area contributed by atoms with Crippen LogP contribution in [-0.4, -0.2) is 0 Å². The van der Waals surface area contributed by atoms with Crippen LogP contribution in [0.4, 0.5) is 8.78 Å². The van der Waals surface area contributed by atoms with Crippen molar-refractivity contribution in [1.82, 2.24) is 0 Å². The minimum Gasteiger partial charge on any atom is -0.204 e. The Kier molecular flexibility index (Phi) is 4.92. The van der Waals surface area contributed by atoms with Gasteiger partial charge in [-0.15, -0.1) is 0 Å². The molecule has 0 aromatic heterocycles. The van der Waals surface area contributed by atoms with E-state index in [0.717, 1.165) is 33.0 Å². The van der Waals surface area contributed by atoms with Gasteiger partial charge in [0.25, 0.3) is 0 Å². The molecule has 6 aromatic rings. The fourth-order valence-electron chi connectivity index (χ4n) is 4.68. The van der Waals surface area contributed by atoms with Crippen LogP contribution < -0.4 is 0 Å². The second-order valence-electron chi connectivity index (χ2n) is 8.47. The average Bonchev–Trinajstić information content (AvgIpc) is 2.89. The smallest absolute Gasteiger partial charge is 0.159 e. The molecule has 6 aromatic carbocycles. The van der Waals surface area contributed by atoms with Gasteiger partial charge in [-0.1, -0.05) is 103 Å². The van der Waals surface area contributed by atoms with E-state index in [1.807, 2.05) is 24.3 Å². The summed E-state index contributed by atoms with van der Waals surface area (Å²) < 4.78 is 27.4. The van der Waals surface area contributed by atoms with Gasteiger partial charge in [-0.2, -0.15) is 0 Å². The second-order valence-corrected chi connectivity index (χ2v) is 8.47. The normalized spacial score (nSPS) is 11.2. The van der Waals surface area contributed by atoms with E-state index in [0.29, 0.717) is 5.56 Å². The number of hydrogen-bond acceptors (Lipinski definition) is 0. The van der Waals surface area contributed by atoms with Gasteiger partial charge in [0.15, 0.2) is 11.6 Å². The van der Waals surface area contributed by atoms with Gasteiger partial charge < -0.3 is 0 Å². The molecule has 0 saturated heterocycles. The lowest BCUT2D eigenvalue weighted by Gasteiger charge is -2.13. The number of rotatable bonds is 3. The summed E-state index contributed by atoms with van der Waals surface area (Å²) in [6, 6.07) is 39.7. The van der Waals surface area contributed by atoms with Crippen molar-refractivity contribution in [2.75, 3.05) is 0 Å². The third kappa shape index (κ3) is 3.54. The first-order chi connectivity index (χ1) is 16.7. The van der Waals surface area contributed by atoms with E-state index in [4.69, 9.17) is 0 Å². The van der Waals surface area contributed by atoms with Crippen LogP contribution in [0.1, 0.15) is 0 Å². The average molecular weight is 443 g/mol. The summed E-state index contributed by atoms with van der Waals surface area (Å²) >= 11 is 0. The van der Waals surface area contributed by atoms with Crippen molar-refractivity contribution < 1.29 is 8.78 Å². The first-order valence-corrected chi connectivity index (χ1v) is 11.2. The Labute approximate surface area is 196 Å². The van der Waals surface area contributed by atoms with Crippen molar-refractivity contribution in [1.29, 1.82) is 0 Å². The monoisotopic (exact) mass is 442 g/mol. The molecule has 0 radical (unpaired) electrons. The molecule has 0 heterocycles. The number of fused-ring (bicyclic) bond motifs is 2. The Morgan fingerprint density at radius 3 is 1.62 bits per heavy atom. The van der Waals surface area contributed by atoms with E-state index in [2.05, 4.69) is 78.9 Å². The van der Waals surface area contributed by atoms with E-state index in [-0.39, 0.29) is 0 Å². The molecule has 0 nitrogen and oxygen atoms in total. The zero-order valence-electron chi connectivity index (χ0n) is 18.3. The maximum atomic E-state index is 13.9. The summed E-state index contributed by atoms with van der Waals surface area (Å²) in [5.41, 5.74) is 6.10. The Bertz CT molecular complexity index is 1660. The molecule has 0 N–H and O–H groups in total. The second kappa shape index (κ2) is 8.24. The summed E-state index contributed by atoms with van der Waals surface area (Å²) in [6.45, 7) is 0. The number of benzene rings is 6. The molecular formula is C32H20F2. The summed E-state index contributed by atoms with van der Waals surface area (Å²) in [5, 5.41) is 4.53. The van der Waals surface area contributed by atoms with Crippen molar-refractivity contribution >= 4 is 21.5 Å². The molecule has 0 saturated carbocycles. The van der Waals surface area contributed by atoms with E-state index in [1.54, 1.807) is 6.07 Å². The summed E-state index contributed by atoms with van der Waals surface area (Å²) in [4.78, 5) is 0. The van der Waals surface area contributed by atoms with E-state index >= 15 is 0 Å². The van der Waals surface area contributed by atoms with Gasteiger partial charge in [0, 0.05) is 0 Å². The molecule has 6 rings (SSSR count). The lowest BCUT2D eigenvalue weighted by atomic mass is 9.91. The van der Waals surface area contributed by atoms with Crippen molar-refractivity contribution in [2.45, 2.75) is 0 Å². The molecular weight excluding hydrogens is 422 g/mol. The highest BCUT2D eigenvalue weighted by molar-refractivity contribution is 6.05. The standard InChI is InChI=1S/C32H20F2/c33-31-18-15-26(20-32(31)34)28-17-16-27(29-7-3-4-8-30(28)29)23-12-9-22(10-13-23)25-14-11-21-5-1-2-6-24(21)19-25/h1-20H. The first kappa shape index (κ1) is 20.3. The van der Waals surface area contributed by atoms with Crippen molar-refractivity contribution in [3.8, 4) is 33.4 Å². The SMILES string of the molecule is Fc1ccc(-c2ccc(-c3ccc(-c4ccc5ccccc5c4)cc3)c3ccccc23)cc1F. The predicted molar refractivity (Wildman–Crippen MR) is 138 cm³/mol. The molecule has 0 spiro atoms. The van der Waals surface area contributed by atoms with E-state index in [1.165, 1.54) is 28.5 Å². The van der Waals surface area contributed by atoms with Crippen molar-refractivity contribution in [3.63, 3.8) is 0 Å². The van der Waals surface area contributed by atoms with Crippen LogP contribution in [0.2, 0.25) is 0 Å². The maximum Gasteiger partial charge on any atom is 0.159 e. The summed E-state index contributed by atoms with van der Waals surface area (Å²) in [5.74, 6) is -1.67. The highest BCUT2D eigenvalue weighted by atomic mass is 19.2. The first-order valence-electron chi connectivity index (χ1n) is 11.2. The molecule has 0 bridgehead atoms. The Hall–Kier alpha value is -4.30. The zero-order chi connectivity index (χ0) is 23.1. The largest absolute Gasteiger partial charge is 0.204 e. The van der Waals surface area contributed by atoms with Crippen LogP contribution in [0, 0.1) is 11.6 Å². The lowest BCUT2D eigenvalue weighted by molar-refractivity contribution is 0.509. The van der Waals surface area contributed by atoms with Gasteiger partial charge in [0.05, 0.1) is 0 Å². The van der Waals surface area contributed by atoms with Gasteiger partial charge in [0.1, 0.15) is 0 Å². The van der Waals surface area contributed by atoms with Crippen LogP contribution in [-0.2, 0) is 0 Å². The van der Waals surface area contributed by atoms with Gasteiger partial charge >= 0.3 is 0 Å². The Balaban J connectivity index is 1.42. The topological polar surface area (TPSA) is 0 Å². The fourth-order valence-corrected chi connectivity index (χ4v) is 4.68. The maximum absolute atomic E-state index is 13.9. The number of halogens is 2. The Morgan fingerprint density at radius 1 is 0.353 bits per heavy atom. The van der Waals surface area contributed by atoms with Crippen LogP contribution in [0.15, 0.2) is 121 Å². The molecule has 34 heavy (non-hydrogen) atoms. The van der Waals surface area contributed by atoms with Crippen molar-refractivity contribution in [3.05, 3.63) is 133 Å². The van der Waals surface area contributed by atoms with Crippen LogP contribution in [0.25, 0.3) is 54.9 Å². The highest BCUT2D eigenvalue weighted by Gasteiger charge is 2.11. The van der Waals surface area contributed by atoms with Gasteiger partial charge in [-0.25, -0.2) is 8.78 Å². The van der Waals surface area contributed by atoms with E-state index < -0.39 is 11.6 Å².